The summed E-state index contributed by atoms with van der Waals surface area (Å²) < 4.78 is 28.1. The van der Waals surface area contributed by atoms with Gasteiger partial charge in [0.2, 0.25) is 0 Å². The molecule has 0 aliphatic carbocycles. The maximum atomic E-state index is 11.0. The summed E-state index contributed by atoms with van der Waals surface area (Å²) in [5, 5.41) is 28.6. The predicted octanol–water partition coefficient (Wildman–Crippen LogP) is 17.4. The van der Waals surface area contributed by atoms with Gasteiger partial charge in [0.05, 0.1) is 71.3 Å². The molecule has 0 radical (unpaired) electrons. The van der Waals surface area contributed by atoms with Gasteiger partial charge in [-0.05, 0) is 76.3 Å². The van der Waals surface area contributed by atoms with E-state index in [4.69, 9.17) is 50.5 Å². The number of carbonyl (C=O) groups is 1. The van der Waals surface area contributed by atoms with E-state index in [0.29, 0.717) is 44.4 Å². The Labute approximate surface area is 646 Å². The van der Waals surface area contributed by atoms with E-state index in [0.717, 1.165) is 173 Å². The van der Waals surface area contributed by atoms with Crippen molar-refractivity contribution in [3.8, 4) is 89.5 Å². The number of ether oxygens (including phenoxy) is 4. The third-order valence-electron chi connectivity index (χ3n) is 19.9. The molecule has 8 aromatic carbocycles. The molecule has 19 aromatic rings. The van der Waals surface area contributed by atoms with Crippen LogP contribution in [0.15, 0.2) is 311 Å². The second-order valence-corrected chi connectivity index (χ2v) is 26.8. The molecule has 0 amide bonds. The minimum Gasteiger partial charge on any atom is -0.346 e. The highest BCUT2D eigenvalue weighted by Gasteiger charge is 2.23. The summed E-state index contributed by atoms with van der Waals surface area (Å²) >= 11 is 0. The average Bonchev–Trinajstić information content (AvgIpc) is 1.74. The lowest BCUT2D eigenvalue weighted by Crippen LogP contribution is -2.09. The van der Waals surface area contributed by atoms with Gasteiger partial charge in [0, 0.05) is 114 Å². The van der Waals surface area contributed by atoms with E-state index >= 15 is 0 Å². The summed E-state index contributed by atoms with van der Waals surface area (Å²) in [6.07, 6.45) is 12.9. The number of anilines is 1. The molecule has 0 bridgehead atoms. The maximum absolute atomic E-state index is 11.0. The van der Waals surface area contributed by atoms with E-state index in [2.05, 4.69) is 162 Å². The Hall–Kier alpha value is -14.4. The molecule has 2 saturated heterocycles. The van der Waals surface area contributed by atoms with Crippen molar-refractivity contribution < 1.29 is 23.7 Å². The van der Waals surface area contributed by atoms with Gasteiger partial charge in [-0.3, -0.25) is 18.0 Å². The summed E-state index contributed by atoms with van der Waals surface area (Å²) in [5.41, 5.74) is 34.3. The van der Waals surface area contributed by atoms with Crippen molar-refractivity contribution in [2.24, 2.45) is 11.6 Å². The van der Waals surface area contributed by atoms with Crippen LogP contribution in [0.1, 0.15) is 39.6 Å². The molecule has 22 nitrogen and oxygen atoms in total. The molecule has 21 rings (SSSR count). The van der Waals surface area contributed by atoms with Gasteiger partial charge < -0.3 is 30.1 Å². The maximum Gasteiger partial charge on any atom is 0.184 e. The predicted molar refractivity (Wildman–Crippen MR) is 438 cm³/mol. The highest BCUT2D eigenvalue weighted by molar-refractivity contribution is 6.02. The molecule has 2 aliphatic rings. The molecule has 0 unspecified atom stereocenters. The van der Waals surface area contributed by atoms with Crippen molar-refractivity contribution in [2.45, 2.75) is 19.1 Å². The summed E-state index contributed by atoms with van der Waals surface area (Å²) in [6.45, 7) is 3.05. The number of benzene rings is 8. The second kappa shape index (κ2) is 31.7. The number of nitrogens with one attached hydrogen (secondary N) is 1. The Morgan fingerprint density at radius 2 is 0.690 bits per heavy atom. The Bertz CT molecular complexity index is 6610. The van der Waals surface area contributed by atoms with Gasteiger partial charge in [0.15, 0.2) is 29.5 Å². The number of nitrogens with zero attached hydrogens (tertiary/aromatic N) is 14. The molecule has 11 aromatic heterocycles. The van der Waals surface area contributed by atoms with Gasteiger partial charge in [0.25, 0.3) is 0 Å². The SMILES string of the molecule is NCc1ccc(-c2nc3ccn4cnnc4c3cc2-c2ccccc2)cc1.NNc1nccc2nc(-c3ccc(C4OCCO4)cc3)c(-c3ccccc3)cc12.O=Cc1ccc(-c2nc3ccn4cnnc4c3cc2-c2ccccc2)cc1.c1ccc(-c2cc3c(ccn4cnnc34)nc2-c2ccc(C3OCCO3)cc2)cc1. The number of fused-ring (bicyclic) bond motifs is 10. The monoisotopic (exact) mass is 1480 g/mol. The van der Waals surface area contributed by atoms with Crippen LogP contribution in [0.3, 0.4) is 0 Å². The lowest BCUT2D eigenvalue weighted by atomic mass is 9.97. The van der Waals surface area contributed by atoms with Gasteiger partial charge in [-0.2, -0.15) is 0 Å². The van der Waals surface area contributed by atoms with Gasteiger partial charge in [-0.1, -0.05) is 218 Å². The Morgan fingerprint density at radius 3 is 1.02 bits per heavy atom. The minimum atomic E-state index is -0.286. The van der Waals surface area contributed by atoms with Gasteiger partial charge in [-0.25, -0.2) is 30.8 Å². The van der Waals surface area contributed by atoms with Crippen LogP contribution in [0.5, 0.6) is 0 Å². The highest BCUT2D eigenvalue weighted by atomic mass is 16.7. The van der Waals surface area contributed by atoms with Crippen LogP contribution in [0.4, 0.5) is 5.82 Å². The molecule has 2 aliphatic heterocycles. The number of hydrogen-bond donors (Lipinski definition) is 3. The molecule has 113 heavy (non-hydrogen) atoms. The lowest BCUT2D eigenvalue weighted by Gasteiger charge is -2.14. The summed E-state index contributed by atoms with van der Waals surface area (Å²) in [4.78, 5) is 35.2. The van der Waals surface area contributed by atoms with Crippen molar-refractivity contribution in [1.82, 2.24) is 68.7 Å². The zero-order valence-electron chi connectivity index (χ0n) is 60.7. The summed E-state index contributed by atoms with van der Waals surface area (Å²) in [6, 6.07) is 89.5. The fraction of sp³-hybridized carbons (Fsp3) is 0.0769. The first-order chi connectivity index (χ1) is 55.9. The minimum absolute atomic E-state index is 0.279. The molecular weight excluding hydrogens is 1410 g/mol. The van der Waals surface area contributed by atoms with E-state index in [9.17, 15) is 4.79 Å². The molecule has 548 valence electrons. The smallest absolute Gasteiger partial charge is 0.184 e. The molecule has 22 heteroatoms. The molecule has 0 atom stereocenters. The first kappa shape index (κ1) is 70.3. The number of nitrogen functional groups attached to an aromatic ring is 1. The quantitative estimate of drug-likeness (QED) is 0.0550. The van der Waals surface area contributed by atoms with Crippen LogP contribution in [-0.2, 0) is 25.5 Å². The number of carbonyl (C=O) groups excluding carboxylic acids is 1. The molecule has 13 heterocycles. The summed E-state index contributed by atoms with van der Waals surface area (Å²) in [5.74, 6) is 6.27. The largest absolute Gasteiger partial charge is 0.346 e. The average molecular weight is 1480 g/mol. The Kier molecular flexibility index (Phi) is 19.7. The van der Waals surface area contributed by atoms with Crippen molar-refractivity contribution in [3.05, 3.63) is 333 Å². The van der Waals surface area contributed by atoms with Crippen LogP contribution >= 0.6 is 0 Å². The molecular formula is C91H69N17O5. The standard InChI is InChI=1S/C24H18N4O2.C23H20N4O2.C22H17N5.C22H14N4O/c1-2-4-16(5-3-1)19-14-20-21(10-11-28-15-25-27-23(20)28)26-22(19)17-6-8-18(9-7-17)24-29-12-13-30-24;24-27-22-19-14-18(15-4-2-1-3-5-15)21(26-20(19)10-11-25-22)16-6-8-17(9-7-16)23-28-12-13-29-23;23-13-15-6-8-17(9-7-15)21-18(16-4-2-1-3-5-16)12-19-20(25-21)10-11-27-14-24-26-22(19)27;27-13-15-6-8-17(9-7-15)21-18(16-4-2-1-3-5-16)12-19-20(24-21)10-11-26-14-23-25-22(19)26/h1-11,14-15,24H,12-13H2;1-11,14,23H,12-13,24H2,(H,25,27);1-12,14H,13,23H2;1-14H. The van der Waals surface area contributed by atoms with Crippen LogP contribution in [0.2, 0.25) is 0 Å². The van der Waals surface area contributed by atoms with Crippen LogP contribution in [0, 0.1) is 0 Å². The topological polar surface area (TPSA) is 273 Å². The number of hydrazine groups is 1. The van der Waals surface area contributed by atoms with E-state index < -0.39 is 0 Å². The normalized spacial score (nSPS) is 12.9. The number of pyridine rings is 8. The zero-order valence-corrected chi connectivity index (χ0v) is 60.7. The van der Waals surface area contributed by atoms with Crippen LogP contribution in [0.25, 0.3) is 150 Å². The Balaban J connectivity index is 0.000000105. The van der Waals surface area contributed by atoms with E-state index in [-0.39, 0.29) is 12.6 Å². The number of aromatic nitrogens is 14. The van der Waals surface area contributed by atoms with Gasteiger partial charge >= 0.3 is 0 Å². The van der Waals surface area contributed by atoms with Crippen molar-refractivity contribution in [2.75, 3.05) is 31.9 Å². The molecule has 0 saturated carbocycles. The zero-order chi connectivity index (χ0) is 76.0. The van der Waals surface area contributed by atoms with E-state index in [1.807, 2.05) is 177 Å². The number of hydrogen-bond acceptors (Lipinski definition) is 19. The lowest BCUT2D eigenvalue weighted by molar-refractivity contribution is -0.0443. The van der Waals surface area contributed by atoms with Crippen LogP contribution < -0.4 is 17.0 Å². The number of nitrogens with two attached hydrogens (primary N) is 2. The fourth-order valence-corrected chi connectivity index (χ4v) is 14.2. The Morgan fingerprint density at radius 1 is 0.372 bits per heavy atom. The first-order valence-corrected chi connectivity index (χ1v) is 36.8. The third-order valence-corrected chi connectivity index (χ3v) is 19.9. The molecule has 0 spiro atoms. The van der Waals surface area contributed by atoms with Crippen molar-refractivity contribution in [1.29, 1.82) is 0 Å². The van der Waals surface area contributed by atoms with E-state index in [1.54, 1.807) is 25.2 Å². The first-order valence-electron chi connectivity index (χ1n) is 36.8. The fourth-order valence-electron chi connectivity index (χ4n) is 14.2. The van der Waals surface area contributed by atoms with Gasteiger partial charge in [0.1, 0.15) is 31.1 Å². The van der Waals surface area contributed by atoms with Crippen molar-refractivity contribution >= 4 is 72.7 Å². The molecule has 2 fully saturated rings. The molecule has 5 N–H and O–H groups in total. The van der Waals surface area contributed by atoms with E-state index in [1.165, 1.54) is 0 Å². The second-order valence-electron chi connectivity index (χ2n) is 26.8. The van der Waals surface area contributed by atoms with Gasteiger partial charge in [-0.15, -0.1) is 30.6 Å². The highest BCUT2D eigenvalue weighted by Crippen LogP contribution is 2.41. The number of aldehydes is 1. The summed E-state index contributed by atoms with van der Waals surface area (Å²) in [7, 11) is 0. The third kappa shape index (κ3) is 14.4. The van der Waals surface area contributed by atoms with Crippen molar-refractivity contribution in [3.63, 3.8) is 0 Å². The number of rotatable bonds is 13. The van der Waals surface area contributed by atoms with Crippen LogP contribution in [-0.4, -0.2) is 101 Å².